The van der Waals surface area contributed by atoms with Crippen molar-refractivity contribution < 1.29 is 4.42 Å². The lowest BCUT2D eigenvalue weighted by Crippen LogP contribution is -2.10. The molecular weight excluding hydrogens is 679 g/mol. The van der Waals surface area contributed by atoms with Crippen LogP contribution in [0.5, 0.6) is 0 Å². The molecule has 0 amide bonds. The summed E-state index contributed by atoms with van der Waals surface area (Å²) >= 11 is 0. The van der Waals surface area contributed by atoms with E-state index in [-0.39, 0.29) is 0 Å². The highest BCUT2D eigenvalue weighted by atomic mass is 16.3. The van der Waals surface area contributed by atoms with E-state index < -0.39 is 0 Å². The fourth-order valence-corrected chi connectivity index (χ4v) is 7.88. The number of hydrogen-bond acceptors (Lipinski definition) is 2. The maximum atomic E-state index is 6.27. The average Bonchev–Trinajstić information content (AvgIpc) is 3.72. The number of furan rings is 1. The maximum Gasteiger partial charge on any atom is 0.136 e. The van der Waals surface area contributed by atoms with Gasteiger partial charge in [0.1, 0.15) is 11.3 Å². The number of fused-ring (bicyclic) bond motifs is 2. The van der Waals surface area contributed by atoms with Gasteiger partial charge in [0.15, 0.2) is 0 Å². The molecule has 0 N–H and O–H groups in total. The summed E-state index contributed by atoms with van der Waals surface area (Å²) in [5.74, 6) is 0.878. The predicted molar refractivity (Wildman–Crippen MR) is 236 cm³/mol. The molecule has 9 aromatic carbocycles. The highest BCUT2D eigenvalue weighted by molar-refractivity contribution is 5.97. The lowest BCUT2D eigenvalue weighted by molar-refractivity contribution is 0.632. The van der Waals surface area contributed by atoms with E-state index in [0.29, 0.717) is 0 Å². The van der Waals surface area contributed by atoms with E-state index in [9.17, 15) is 0 Å². The highest BCUT2D eigenvalue weighted by Gasteiger charge is 2.16. The first kappa shape index (κ1) is 33.2. The van der Waals surface area contributed by atoms with Crippen molar-refractivity contribution in [2.75, 3.05) is 4.90 Å². The third-order valence-electron chi connectivity index (χ3n) is 10.7. The van der Waals surface area contributed by atoms with Crippen LogP contribution < -0.4 is 4.90 Å². The largest absolute Gasteiger partial charge is 0.456 e. The molecule has 0 saturated carbocycles. The van der Waals surface area contributed by atoms with Gasteiger partial charge in [-0.2, -0.15) is 0 Å². The van der Waals surface area contributed by atoms with Crippen molar-refractivity contribution in [1.82, 2.24) is 0 Å². The SMILES string of the molecule is c1ccc(-c2cccc(N(c3ccc(-c4ccc(-c5ccccc5-c5cc6ccccc6o5)cc4)cc3)c3ccc(-c4cccc5ccccc45)cc3)c2)cc1. The van der Waals surface area contributed by atoms with E-state index in [0.717, 1.165) is 56.0 Å². The zero-order valence-electron chi connectivity index (χ0n) is 30.7. The Balaban J connectivity index is 0.985. The van der Waals surface area contributed by atoms with E-state index in [1.54, 1.807) is 0 Å². The minimum Gasteiger partial charge on any atom is -0.456 e. The monoisotopic (exact) mass is 715 g/mol. The standard InChI is InChI=1S/C54H37NO/c1-2-12-38(13-3-1)44-17-10-18-48(36-44)55(47-34-30-43(31-35-47)50-22-11-16-41-14-4-6-19-49(41)50)46-32-28-40(29-33-46)39-24-26-42(27-25-39)51-20-7-8-21-52(51)54-37-45-15-5-9-23-53(45)56-54/h1-37H. The minimum absolute atomic E-state index is 0.878. The summed E-state index contributed by atoms with van der Waals surface area (Å²) in [5.41, 5.74) is 14.7. The summed E-state index contributed by atoms with van der Waals surface area (Å²) in [5, 5.41) is 3.61. The fourth-order valence-electron chi connectivity index (χ4n) is 7.88. The maximum absolute atomic E-state index is 6.27. The number of hydrogen-bond donors (Lipinski definition) is 0. The second kappa shape index (κ2) is 14.4. The number of anilines is 3. The molecule has 10 aromatic rings. The Hall–Kier alpha value is -7.42. The quantitative estimate of drug-likeness (QED) is 0.156. The van der Waals surface area contributed by atoms with Crippen molar-refractivity contribution in [3.63, 3.8) is 0 Å². The Bertz CT molecular complexity index is 2900. The fraction of sp³-hybridized carbons (Fsp3) is 0. The molecule has 10 rings (SSSR count). The van der Waals surface area contributed by atoms with Crippen molar-refractivity contribution in [2.45, 2.75) is 0 Å². The van der Waals surface area contributed by atoms with Gasteiger partial charge in [0.25, 0.3) is 0 Å². The normalized spacial score (nSPS) is 11.2. The van der Waals surface area contributed by atoms with Gasteiger partial charge >= 0.3 is 0 Å². The van der Waals surface area contributed by atoms with Crippen LogP contribution in [0.2, 0.25) is 0 Å². The predicted octanol–water partition coefficient (Wildman–Crippen LogP) is 15.4. The third kappa shape index (κ3) is 6.34. The molecule has 264 valence electrons. The van der Waals surface area contributed by atoms with Gasteiger partial charge in [0, 0.05) is 28.0 Å². The van der Waals surface area contributed by atoms with Gasteiger partial charge in [-0.1, -0.05) is 176 Å². The second-order valence-corrected chi connectivity index (χ2v) is 14.1. The van der Waals surface area contributed by atoms with Crippen molar-refractivity contribution in [3.05, 3.63) is 224 Å². The van der Waals surface area contributed by atoms with Crippen molar-refractivity contribution in [3.8, 4) is 55.8 Å². The first-order valence-corrected chi connectivity index (χ1v) is 19.1. The lowest BCUT2D eigenvalue weighted by atomic mass is 9.95. The van der Waals surface area contributed by atoms with Gasteiger partial charge in [-0.3, -0.25) is 0 Å². The van der Waals surface area contributed by atoms with Crippen molar-refractivity contribution in [2.24, 2.45) is 0 Å². The molecule has 0 radical (unpaired) electrons. The molecule has 0 spiro atoms. The van der Waals surface area contributed by atoms with Gasteiger partial charge in [-0.25, -0.2) is 0 Å². The van der Waals surface area contributed by atoms with E-state index in [2.05, 4.69) is 211 Å². The van der Waals surface area contributed by atoms with Crippen LogP contribution >= 0.6 is 0 Å². The molecule has 0 aliphatic carbocycles. The van der Waals surface area contributed by atoms with Crippen LogP contribution in [0.15, 0.2) is 229 Å². The van der Waals surface area contributed by atoms with Crippen LogP contribution in [-0.4, -0.2) is 0 Å². The molecule has 0 bridgehead atoms. The molecule has 2 nitrogen and oxygen atoms in total. The van der Waals surface area contributed by atoms with Crippen LogP contribution in [0.1, 0.15) is 0 Å². The molecular formula is C54H37NO. The summed E-state index contributed by atoms with van der Waals surface area (Å²) in [7, 11) is 0. The molecule has 0 unspecified atom stereocenters. The van der Waals surface area contributed by atoms with Crippen molar-refractivity contribution in [1.29, 1.82) is 0 Å². The van der Waals surface area contributed by atoms with Crippen LogP contribution in [0.25, 0.3) is 77.6 Å². The number of rotatable bonds is 8. The number of para-hydroxylation sites is 1. The van der Waals surface area contributed by atoms with E-state index in [1.807, 2.05) is 18.2 Å². The summed E-state index contributed by atoms with van der Waals surface area (Å²) in [6.07, 6.45) is 0. The van der Waals surface area contributed by atoms with Gasteiger partial charge in [-0.05, 0) is 104 Å². The minimum atomic E-state index is 0.878. The molecule has 1 heterocycles. The number of benzene rings is 9. The summed E-state index contributed by atoms with van der Waals surface area (Å²) < 4.78 is 6.27. The van der Waals surface area contributed by atoms with Crippen LogP contribution in [0.3, 0.4) is 0 Å². The van der Waals surface area contributed by atoms with Gasteiger partial charge < -0.3 is 9.32 Å². The van der Waals surface area contributed by atoms with Gasteiger partial charge in [-0.15, -0.1) is 0 Å². The summed E-state index contributed by atoms with van der Waals surface area (Å²) in [6.45, 7) is 0. The van der Waals surface area contributed by atoms with Crippen LogP contribution in [0, 0.1) is 0 Å². The Morgan fingerprint density at radius 3 is 1.54 bits per heavy atom. The molecule has 0 atom stereocenters. The van der Waals surface area contributed by atoms with Crippen LogP contribution in [-0.2, 0) is 0 Å². The molecule has 1 aromatic heterocycles. The molecule has 0 aliphatic rings. The Morgan fingerprint density at radius 2 is 0.786 bits per heavy atom. The smallest absolute Gasteiger partial charge is 0.136 e. The van der Waals surface area contributed by atoms with Gasteiger partial charge in [0.2, 0.25) is 0 Å². The average molecular weight is 716 g/mol. The first-order chi connectivity index (χ1) is 27.7. The summed E-state index contributed by atoms with van der Waals surface area (Å²) in [4.78, 5) is 2.35. The lowest BCUT2D eigenvalue weighted by Gasteiger charge is -2.26. The number of nitrogens with zero attached hydrogens (tertiary/aromatic N) is 1. The van der Waals surface area contributed by atoms with Gasteiger partial charge in [0.05, 0.1) is 0 Å². The Labute approximate surface area is 327 Å². The highest BCUT2D eigenvalue weighted by Crippen LogP contribution is 2.40. The molecule has 2 heteroatoms. The molecule has 0 fully saturated rings. The second-order valence-electron chi connectivity index (χ2n) is 14.1. The van der Waals surface area contributed by atoms with E-state index in [1.165, 1.54) is 38.6 Å². The van der Waals surface area contributed by atoms with E-state index in [4.69, 9.17) is 4.42 Å². The Kier molecular flexibility index (Phi) is 8.55. The zero-order chi connectivity index (χ0) is 37.3. The van der Waals surface area contributed by atoms with Crippen LogP contribution in [0.4, 0.5) is 17.1 Å². The zero-order valence-corrected chi connectivity index (χ0v) is 30.7. The molecule has 0 saturated heterocycles. The molecule has 56 heavy (non-hydrogen) atoms. The summed E-state index contributed by atoms with van der Waals surface area (Å²) in [6, 6.07) is 80.0. The van der Waals surface area contributed by atoms with Crippen molar-refractivity contribution >= 4 is 38.8 Å². The topological polar surface area (TPSA) is 16.4 Å². The molecule has 0 aliphatic heterocycles. The third-order valence-corrected chi connectivity index (χ3v) is 10.7. The van der Waals surface area contributed by atoms with E-state index >= 15 is 0 Å². The first-order valence-electron chi connectivity index (χ1n) is 19.1. The Morgan fingerprint density at radius 1 is 0.286 bits per heavy atom.